The van der Waals surface area contributed by atoms with E-state index in [4.69, 9.17) is 11.6 Å². The lowest BCUT2D eigenvalue weighted by Gasteiger charge is -2.15. The van der Waals surface area contributed by atoms with E-state index in [-0.39, 0.29) is 5.38 Å². The van der Waals surface area contributed by atoms with Crippen LogP contribution in [0, 0.1) is 0 Å². The van der Waals surface area contributed by atoms with Crippen LogP contribution in [0.2, 0.25) is 0 Å². The van der Waals surface area contributed by atoms with Gasteiger partial charge in [-0.25, -0.2) is 0 Å². The maximum atomic E-state index is 6.47. The Morgan fingerprint density at radius 2 is 2.19 bits per heavy atom. The first-order valence-electron chi connectivity index (χ1n) is 6.49. The molecule has 0 amide bonds. The lowest BCUT2D eigenvalue weighted by molar-refractivity contribution is 0.698. The Bertz CT molecular complexity index is 356. The van der Waals surface area contributed by atoms with Gasteiger partial charge in [0.05, 0.1) is 5.38 Å². The summed E-state index contributed by atoms with van der Waals surface area (Å²) in [5, 5.41) is 0.238. The van der Waals surface area contributed by atoms with Gasteiger partial charge in [0.2, 0.25) is 0 Å². The fourth-order valence-corrected chi connectivity index (χ4v) is 2.83. The molecule has 0 aromatic heterocycles. The topological polar surface area (TPSA) is 0 Å². The summed E-state index contributed by atoms with van der Waals surface area (Å²) in [7, 11) is 0. The Morgan fingerprint density at radius 3 is 2.94 bits per heavy atom. The Labute approximate surface area is 104 Å². The minimum Gasteiger partial charge on any atom is -0.118 e. The van der Waals surface area contributed by atoms with Crippen molar-refractivity contribution in [3.8, 4) is 0 Å². The van der Waals surface area contributed by atoms with Crippen LogP contribution in [-0.4, -0.2) is 0 Å². The molecule has 1 heteroatoms. The van der Waals surface area contributed by atoms with Gasteiger partial charge in [0.1, 0.15) is 0 Å². The van der Waals surface area contributed by atoms with E-state index >= 15 is 0 Å². The van der Waals surface area contributed by atoms with Crippen LogP contribution in [0.5, 0.6) is 0 Å². The largest absolute Gasteiger partial charge is 0.118 e. The molecule has 0 saturated heterocycles. The number of halogens is 1. The molecule has 0 nitrogen and oxygen atoms in total. The Balaban J connectivity index is 2.35. The van der Waals surface area contributed by atoms with Gasteiger partial charge in [0.15, 0.2) is 0 Å². The molecule has 0 N–H and O–H groups in total. The third-order valence-corrected chi connectivity index (χ3v) is 4.30. The summed E-state index contributed by atoms with van der Waals surface area (Å²) in [5.74, 6) is 0.650. The second kappa shape index (κ2) is 5.23. The summed E-state index contributed by atoms with van der Waals surface area (Å²) in [5.41, 5.74) is 4.33. The van der Waals surface area contributed by atoms with Gasteiger partial charge >= 0.3 is 0 Å². The molecule has 1 aliphatic rings. The van der Waals surface area contributed by atoms with E-state index < -0.39 is 0 Å². The Morgan fingerprint density at radius 1 is 1.38 bits per heavy atom. The van der Waals surface area contributed by atoms with E-state index in [0.29, 0.717) is 5.92 Å². The SMILES string of the molecule is CCC(C)c1ccc2c(c1)C(Cl)CCCC2. The van der Waals surface area contributed by atoms with E-state index in [1.165, 1.54) is 42.4 Å². The number of alkyl halides is 1. The highest BCUT2D eigenvalue weighted by Crippen LogP contribution is 2.35. The van der Waals surface area contributed by atoms with Crippen LogP contribution in [0.15, 0.2) is 18.2 Å². The highest BCUT2D eigenvalue weighted by atomic mass is 35.5. The number of hydrogen-bond donors (Lipinski definition) is 0. The van der Waals surface area contributed by atoms with Crippen LogP contribution >= 0.6 is 11.6 Å². The zero-order valence-electron chi connectivity index (χ0n) is 10.3. The molecule has 0 bridgehead atoms. The maximum absolute atomic E-state index is 6.47. The van der Waals surface area contributed by atoms with Gasteiger partial charge in [0, 0.05) is 0 Å². The fraction of sp³-hybridized carbons (Fsp3) is 0.600. The zero-order chi connectivity index (χ0) is 11.5. The molecular formula is C15H21Cl. The molecule has 2 atom stereocenters. The van der Waals surface area contributed by atoms with Crippen LogP contribution in [0.25, 0.3) is 0 Å². The van der Waals surface area contributed by atoms with E-state index in [0.717, 1.165) is 6.42 Å². The molecule has 0 heterocycles. The summed E-state index contributed by atoms with van der Waals surface area (Å²) < 4.78 is 0. The van der Waals surface area contributed by atoms with Crippen molar-refractivity contribution in [1.29, 1.82) is 0 Å². The van der Waals surface area contributed by atoms with Crippen molar-refractivity contribution in [2.75, 3.05) is 0 Å². The highest BCUT2D eigenvalue weighted by molar-refractivity contribution is 6.20. The van der Waals surface area contributed by atoms with Crippen LogP contribution in [-0.2, 0) is 6.42 Å². The summed E-state index contributed by atoms with van der Waals surface area (Å²) in [6.07, 6.45) is 6.10. The standard InChI is InChI=1S/C15H21Cl/c1-3-11(2)13-9-8-12-6-4-5-7-15(16)14(12)10-13/h8-11,15H,3-7H2,1-2H3. The smallest absolute Gasteiger partial charge is 0.0588 e. The molecule has 0 radical (unpaired) electrons. The molecule has 1 aromatic rings. The predicted octanol–water partition coefficient (Wildman–Crippen LogP) is 5.21. The van der Waals surface area contributed by atoms with Crippen molar-refractivity contribution >= 4 is 11.6 Å². The van der Waals surface area contributed by atoms with Crippen molar-refractivity contribution in [2.45, 2.75) is 57.2 Å². The molecule has 0 aliphatic heterocycles. The number of fused-ring (bicyclic) bond motifs is 1. The third kappa shape index (κ3) is 2.43. The first-order chi connectivity index (χ1) is 7.72. The van der Waals surface area contributed by atoms with Gasteiger partial charge in [-0.05, 0) is 48.3 Å². The van der Waals surface area contributed by atoms with E-state index in [1.807, 2.05) is 0 Å². The van der Waals surface area contributed by atoms with Crippen LogP contribution in [0.1, 0.15) is 67.5 Å². The maximum Gasteiger partial charge on any atom is 0.0588 e. The zero-order valence-corrected chi connectivity index (χ0v) is 11.1. The molecule has 16 heavy (non-hydrogen) atoms. The van der Waals surface area contributed by atoms with Crippen molar-refractivity contribution in [3.63, 3.8) is 0 Å². The molecule has 0 saturated carbocycles. The Hall–Kier alpha value is -0.490. The molecule has 1 aliphatic carbocycles. The molecule has 1 aromatic carbocycles. The van der Waals surface area contributed by atoms with Crippen LogP contribution < -0.4 is 0 Å². The van der Waals surface area contributed by atoms with Gasteiger partial charge in [0.25, 0.3) is 0 Å². The van der Waals surface area contributed by atoms with Gasteiger partial charge in [-0.2, -0.15) is 0 Å². The van der Waals surface area contributed by atoms with Gasteiger partial charge in [-0.3, -0.25) is 0 Å². The van der Waals surface area contributed by atoms with Crippen LogP contribution in [0.4, 0.5) is 0 Å². The van der Waals surface area contributed by atoms with Gasteiger partial charge < -0.3 is 0 Å². The van der Waals surface area contributed by atoms with E-state index in [2.05, 4.69) is 32.0 Å². The fourth-order valence-electron chi connectivity index (χ4n) is 2.47. The lowest BCUT2D eigenvalue weighted by atomic mass is 9.92. The lowest BCUT2D eigenvalue weighted by Crippen LogP contribution is -1.98. The van der Waals surface area contributed by atoms with Gasteiger partial charge in [-0.1, -0.05) is 38.5 Å². The minimum atomic E-state index is 0.238. The molecule has 0 fully saturated rings. The van der Waals surface area contributed by atoms with E-state index in [9.17, 15) is 0 Å². The summed E-state index contributed by atoms with van der Waals surface area (Å²) in [6, 6.07) is 6.95. The van der Waals surface area contributed by atoms with Crippen molar-refractivity contribution in [2.24, 2.45) is 0 Å². The normalized spacial score (nSPS) is 22.3. The van der Waals surface area contributed by atoms with E-state index in [1.54, 1.807) is 0 Å². The highest BCUT2D eigenvalue weighted by Gasteiger charge is 2.17. The number of hydrogen-bond acceptors (Lipinski definition) is 0. The molecular weight excluding hydrogens is 216 g/mol. The summed E-state index contributed by atoms with van der Waals surface area (Å²) >= 11 is 6.47. The average molecular weight is 237 g/mol. The Kier molecular flexibility index (Phi) is 3.91. The summed E-state index contributed by atoms with van der Waals surface area (Å²) in [6.45, 7) is 4.54. The molecule has 88 valence electrons. The average Bonchev–Trinajstić information content (AvgIpc) is 2.50. The molecule has 2 unspecified atom stereocenters. The number of rotatable bonds is 2. The first kappa shape index (κ1) is 12.0. The van der Waals surface area contributed by atoms with Crippen molar-refractivity contribution < 1.29 is 0 Å². The molecule has 2 rings (SSSR count). The minimum absolute atomic E-state index is 0.238. The van der Waals surface area contributed by atoms with Crippen molar-refractivity contribution in [1.82, 2.24) is 0 Å². The second-order valence-electron chi connectivity index (χ2n) is 4.98. The quantitative estimate of drug-likeness (QED) is 0.489. The van der Waals surface area contributed by atoms with Gasteiger partial charge in [-0.15, -0.1) is 11.6 Å². The van der Waals surface area contributed by atoms with Crippen LogP contribution in [0.3, 0.4) is 0 Å². The number of aryl methyl sites for hydroxylation is 1. The first-order valence-corrected chi connectivity index (χ1v) is 6.92. The summed E-state index contributed by atoms with van der Waals surface area (Å²) in [4.78, 5) is 0. The third-order valence-electron chi connectivity index (χ3n) is 3.84. The monoisotopic (exact) mass is 236 g/mol. The predicted molar refractivity (Wildman–Crippen MR) is 71.3 cm³/mol. The van der Waals surface area contributed by atoms with Crippen molar-refractivity contribution in [3.05, 3.63) is 34.9 Å². The second-order valence-corrected chi connectivity index (χ2v) is 5.51. The number of benzene rings is 1. The molecule has 0 spiro atoms.